The summed E-state index contributed by atoms with van der Waals surface area (Å²) in [6.45, 7) is 0. The monoisotopic (exact) mass is 663 g/mol. The van der Waals surface area contributed by atoms with Crippen LogP contribution < -0.4 is 10.2 Å². The first-order valence-corrected chi connectivity index (χ1v) is 14.4. The van der Waals surface area contributed by atoms with E-state index in [0.717, 1.165) is 11.1 Å². The molecule has 6 aromatic rings. The number of pyridine rings is 2. The van der Waals surface area contributed by atoms with Crippen LogP contribution in [0, 0.1) is 0 Å². The fraction of sp³-hybridized carbons (Fsp3) is 0. The topological polar surface area (TPSA) is 121 Å². The van der Waals surface area contributed by atoms with Crippen molar-refractivity contribution in [3.05, 3.63) is 204 Å². The van der Waals surface area contributed by atoms with Crippen LogP contribution >= 0.6 is 0 Å². The van der Waals surface area contributed by atoms with E-state index in [2.05, 4.69) is 30.4 Å². The van der Waals surface area contributed by atoms with Gasteiger partial charge < -0.3 is 10.2 Å². The number of hydrogen-bond donors (Lipinski definition) is 0. The Bertz CT molecular complexity index is 1690. The van der Waals surface area contributed by atoms with Crippen LogP contribution in [0.25, 0.3) is 0 Å². The molecule has 0 aliphatic carbocycles. The van der Waals surface area contributed by atoms with Gasteiger partial charge in [0.25, 0.3) is 0 Å². The molecule has 233 valence electrons. The second-order valence-electron chi connectivity index (χ2n) is 9.60. The molecule has 9 heteroatoms. The Morgan fingerprint density at radius 1 is 0.362 bits per heavy atom. The van der Waals surface area contributed by atoms with Crippen LogP contribution in [0.4, 0.5) is 0 Å². The molecule has 0 amide bonds. The van der Waals surface area contributed by atoms with Crippen molar-refractivity contribution in [2.24, 2.45) is 20.4 Å². The molecule has 0 saturated carbocycles. The van der Waals surface area contributed by atoms with Gasteiger partial charge in [-0.3, -0.25) is 9.97 Å². The molecule has 1 radical (unpaired) electrons. The summed E-state index contributed by atoms with van der Waals surface area (Å²) in [5, 5.41) is 40.3. The van der Waals surface area contributed by atoms with Crippen molar-refractivity contribution in [1.29, 1.82) is 0 Å². The number of hydrogen-bond acceptors (Lipinski definition) is 8. The normalized spacial score (nSPS) is 11.9. The Balaban J connectivity index is 0.000000208. The van der Waals surface area contributed by atoms with Crippen molar-refractivity contribution >= 4 is 23.2 Å². The molecule has 0 bridgehead atoms. The molecular weight excluding hydrogens is 636 g/mol. The first-order chi connectivity index (χ1) is 22.7. The zero-order valence-corrected chi connectivity index (χ0v) is 25.9. The predicted octanol–water partition coefficient (Wildman–Crippen LogP) is 5.28. The summed E-state index contributed by atoms with van der Waals surface area (Å²) in [5.41, 5.74) is 5.19. The largest absolute Gasteiger partial charge is 2.00 e. The van der Waals surface area contributed by atoms with Gasteiger partial charge in [0.05, 0.1) is 11.4 Å². The minimum atomic E-state index is -0.380. The van der Waals surface area contributed by atoms with Gasteiger partial charge in [0.2, 0.25) is 0 Å². The summed E-state index contributed by atoms with van der Waals surface area (Å²) in [7, 11) is 0. The van der Waals surface area contributed by atoms with Gasteiger partial charge in [-0.1, -0.05) is 133 Å². The number of benzene rings is 4. The van der Waals surface area contributed by atoms with Crippen molar-refractivity contribution < 1.29 is 27.3 Å². The van der Waals surface area contributed by atoms with Crippen LogP contribution in [0.3, 0.4) is 0 Å². The van der Waals surface area contributed by atoms with Crippen LogP contribution in [0.5, 0.6) is 0 Å². The number of aromatic nitrogens is 2. The van der Waals surface area contributed by atoms with Crippen molar-refractivity contribution in [2.75, 3.05) is 0 Å². The van der Waals surface area contributed by atoms with Gasteiger partial charge in [-0.05, 0) is 35.4 Å². The second kappa shape index (κ2) is 18.1. The smallest absolute Gasteiger partial charge is 0.857 e. The SMILES string of the molecule is [Cu+2].[O-]/C(=N\N=C(/c1ccccc1)c1ccccn1)c1ccccc1.[O-]/C(=N\N=C(/c1ccccc1)c1ccccn1)c1ccccc1. The van der Waals surface area contributed by atoms with Gasteiger partial charge in [-0.25, -0.2) is 0 Å². The van der Waals surface area contributed by atoms with Crippen molar-refractivity contribution in [3.63, 3.8) is 0 Å². The molecule has 8 nitrogen and oxygen atoms in total. The maximum atomic E-state index is 12.1. The second-order valence-corrected chi connectivity index (χ2v) is 9.60. The van der Waals surface area contributed by atoms with Gasteiger partial charge in [0, 0.05) is 35.3 Å². The Labute approximate surface area is 283 Å². The third-order valence-electron chi connectivity index (χ3n) is 6.43. The van der Waals surface area contributed by atoms with Crippen LogP contribution in [-0.4, -0.2) is 33.2 Å². The van der Waals surface area contributed by atoms with E-state index in [1.807, 2.05) is 109 Å². The molecule has 47 heavy (non-hydrogen) atoms. The van der Waals surface area contributed by atoms with E-state index in [-0.39, 0.29) is 28.9 Å². The minimum Gasteiger partial charge on any atom is -0.857 e. The van der Waals surface area contributed by atoms with Gasteiger partial charge in [-0.2, -0.15) is 10.2 Å². The summed E-state index contributed by atoms with van der Waals surface area (Å²) < 4.78 is 0. The maximum absolute atomic E-state index is 12.1. The molecule has 0 N–H and O–H groups in total. The molecule has 2 heterocycles. The average molecular weight is 664 g/mol. The molecule has 0 unspecified atom stereocenters. The summed E-state index contributed by atoms with van der Waals surface area (Å²) in [5.74, 6) is -0.759. The van der Waals surface area contributed by atoms with Crippen LogP contribution in [0.2, 0.25) is 0 Å². The molecule has 0 fully saturated rings. The third kappa shape index (κ3) is 9.99. The number of nitrogens with zero attached hydrogens (tertiary/aromatic N) is 6. The van der Waals surface area contributed by atoms with Crippen molar-refractivity contribution in [2.45, 2.75) is 0 Å². The van der Waals surface area contributed by atoms with Crippen LogP contribution in [-0.2, 0) is 17.1 Å². The molecule has 0 atom stereocenters. The third-order valence-corrected chi connectivity index (χ3v) is 6.43. The zero-order chi connectivity index (χ0) is 31.8. The van der Waals surface area contributed by atoms with Gasteiger partial charge >= 0.3 is 17.1 Å². The minimum absolute atomic E-state index is 0. The quantitative estimate of drug-likeness (QED) is 0.0952. The molecule has 0 aliphatic heterocycles. The Kier molecular flexibility index (Phi) is 13.0. The van der Waals surface area contributed by atoms with E-state index in [0.29, 0.717) is 33.9 Å². The van der Waals surface area contributed by atoms with Gasteiger partial charge in [-0.15, -0.1) is 10.2 Å². The van der Waals surface area contributed by atoms with Crippen molar-refractivity contribution in [3.8, 4) is 0 Å². The molecule has 0 spiro atoms. The fourth-order valence-electron chi connectivity index (χ4n) is 4.18. The summed E-state index contributed by atoms with van der Waals surface area (Å²) in [6, 6.07) is 48.0. The van der Waals surface area contributed by atoms with Crippen LogP contribution in [0.1, 0.15) is 33.6 Å². The van der Waals surface area contributed by atoms with E-state index >= 15 is 0 Å². The summed E-state index contributed by atoms with van der Waals surface area (Å²) in [6.07, 6.45) is 3.37. The molecule has 0 aliphatic rings. The van der Waals surface area contributed by atoms with Crippen molar-refractivity contribution in [1.82, 2.24) is 9.97 Å². The first-order valence-electron chi connectivity index (χ1n) is 14.4. The van der Waals surface area contributed by atoms with E-state index in [9.17, 15) is 10.2 Å². The molecule has 2 aromatic heterocycles. The number of rotatable bonds is 8. The average Bonchev–Trinajstić information content (AvgIpc) is 3.14. The zero-order valence-electron chi connectivity index (χ0n) is 25.0. The Morgan fingerprint density at radius 3 is 0.957 bits per heavy atom. The Morgan fingerprint density at radius 2 is 0.660 bits per heavy atom. The van der Waals surface area contributed by atoms with E-state index in [4.69, 9.17) is 0 Å². The van der Waals surface area contributed by atoms with Crippen LogP contribution in [0.15, 0.2) is 191 Å². The molecule has 4 aromatic carbocycles. The van der Waals surface area contributed by atoms with Gasteiger partial charge in [0.1, 0.15) is 11.4 Å². The summed E-state index contributed by atoms with van der Waals surface area (Å²) >= 11 is 0. The predicted molar refractivity (Wildman–Crippen MR) is 179 cm³/mol. The molecular formula is C38H28CuN6O2. The standard InChI is InChI=1S/2C19H15N3O.Cu/c2*23-19(16-11-5-2-6-12-16)22-21-18(15-9-3-1-4-10-15)17-13-7-8-14-20-17;/h2*1-14H,(H,22,23);/q;;+2/p-2/b2*21-18+;. The molecule has 0 saturated heterocycles. The van der Waals surface area contributed by atoms with E-state index < -0.39 is 0 Å². The first kappa shape index (κ1) is 33.9. The Hall–Kier alpha value is -6.02. The fourth-order valence-corrected chi connectivity index (χ4v) is 4.18. The van der Waals surface area contributed by atoms with E-state index in [1.54, 1.807) is 60.9 Å². The maximum Gasteiger partial charge on any atom is 2.00 e. The summed E-state index contributed by atoms with van der Waals surface area (Å²) in [4.78, 5) is 8.61. The molecule has 6 rings (SSSR count). The van der Waals surface area contributed by atoms with E-state index in [1.165, 1.54) is 0 Å². The van der Waals surface area contributed by atoms with Gasteiger partial charge in [0.15, 0.2) is 0 Å².